The van der Waals surface area contributed by atoms with Crippen LogP contribution in [0.5, 0.6) is 0 Å². The molecular formula is C16H22N4O3. The second-order valence-corrected chi connectivity index (χ2v) is 5.15. The van der Waals surface area contributed by atoms with Gasteiger partial charge in [0.15, 0.2) is 0 Å². The Balaban J connectivity index is 2.60. The molecule has 7 heteroatoms. The number of anilines is 2. The van der Waals surface area contributed by atoms with Gasteiger partial charge in [0.05, 0.1) is 24.4 Å². The summed E-state index contributed by atoms with van der Waals surface area (Å²) in [5.41, 5.74) is 7.69. The average molecular weight is 318 g/mol. The van der Waals surface area contributed by atoms with Crippen LogP contribution in [0.1, 0.15) is 37.0 Å². The Morgan fingerprint density at radius 2 is 2.26 bits per heavy atom. The summed E-state index contributed by atoms with van der Waals surface area (Å²) < 4.78 is 5.08. The first-order valence-corrected chi connectivity index (χ1v) is 7.71. The zero-order valence-corrected chi connectivity index (χ0v) is 13.4. The van der Waals surface area contributed by atoms with Gasteiger partial charge in [0.1, 0.15) is 16.9 Å². The predicted octanol–water partition coefficient (Wildman–Crippen LogP) is 1.96. The van der Waals surface area contributed by atoms with Crippen LogP contribution in [0.25, 0.3) is 11.0 Å². The number of fused-ring (bicyclic) bond motifs is 1. The SMILES string of the molecule is CCC[C@@H](CO)Nc1c(C(=O)OCC)c(N)nc2cccnc12. The fourth-order valence-electron chi connectivity index (χ4n) is 2.42. The van der Waals surface area contributed by atoms with Gasteiger partial charge in [-0.1, -0.05) is 13.3 Å². The van der Waals surface area contributed by atoms with Gasteiger partial charge in [0, 0.05) is 12.2 Å². The van der Waals surface area contributed by atoms with Crippen molar-refractivity contribution in [3.63, 3.8) is 0 Å². The number of aromatic nitrogens is 2. The lowest BCUT2D eigenvalue weighted by atomic mass is 10.1. The van der Waals surface area contributed by atoms with Crippen molar-refractivity contribution in [2.75, 3.05) is 24.3 Å². The molecule has 0 radical (unpaired) electrons. The van der Waals surface area contributed by atoms with Crippen LogP contribution >= 0.6 is 0 Å². The molecule has 0 aliphatic heterocycles. The molecule has 0 aliphatic carbocycles. The molecule has 0 amide bonds. The molecule has 2 heterocycles. The molecule has 0 aromatic carbocycles. The highest BCUT2D eigenvalue weighted by molar-refractivity contribution is 6.07. The van der Waals surface area contributed by atoms with Crippen molar-refractivity contribution in [3.05, 3.63) is 23.9 Å². The third kappa shape index (κ3) is 3.68. The van der Waals surface area contributed by atoms with Gasteiger partial charge in [0.25, 0.3) is 0 Å². The second kappa shape index (κ2) is 7.73. The molecule has 0 saturated carbocycles. The standard InChI is InChI=1S/C16H22N4O3/c1-3-6-10(9-21)19-14-12(16(22)23-4-2)15(17)20-11-7-5-8-18-13(11)14/h5,7-8,10,21H,3-4,6,9H2,1-2H3,(H3,17,19,20)/t10-/m0/s1. The third-order valence-electron chi connectivity index (χ3n) is 3.46. The number of nitrogens with one attached hydrogen (secondary N) is 1. The number of aliphatic hydroxyl groups is 1. The molecule has 1 atom stereocenters. The second-order valence-electron chi connectivity index (χ2n) is 5.15. The van der Waals surface area contributed by atoms with E-state index in [0.717, 1.165) is 12.8 Å². The van der Waals surface area contributed by atoms with E-state index in [1.165, 1.54) is 0 Å². The molecular weight excluding hydrogens is 296 g/mol. The van der Waals surface area contributed by atoms with Crippen molar-refractivity contribution in [1.82, 2.24) is 9.97 Å². The molecule has 0 bridgehead atoms. The third-order valence-corrected chi connectivity index (χ3v) is 3.46. The van der Waals surface area contributed by atoms with Crippen LogP contribution < -0.4 is 11.1 Å². The molecule has 2 aromatic rings. The van der Waals surface area contributed by atoms with Gasteiger partial charge in [-0.3, -0.25) is 4.98 Å². The molecule has 2 aromatic heterocycles. The lowest BCUT2D eigenvalue weighted by Crippen LogP contribution is -2.26. The van der Waals surface area contributed by atoms with Gasteiger partial charge in [-0.15, -0.1) is 0 Å². The number of carbonyl (C=O) groups is 1. The zero-order chi connectivity index (χ0) is 16.8. The van der Waals surface area contributed by atoms with Crippen LogP contribution in [-0.2, 0) is 4.74 Å². The van der Waals surface area contributed by atoms with Crippen LogP contribution in [0.15, 0.2) is 18.3 Å². The molecule has 0 fully saturated rings. The summed E-state index contributed by atoms with van der Waals surface area (Å²) in [6.07, 6.45) is 3.25. The number of aliphatic hydroxyl groups excluding tert-OH is 1. The van der Waals surface area contributed by atoms with E-state index in [2.05, 4.69) is 15.3 Å². The van der Waals surface area contributed by atoms with E-state index in [1.54, 1.807) is 25.3 Å². The molecule has 0 saturated heterocycles. The van der Waals surface area contributed by atoms with Crippen molar-refractivity contribution in [2.45, 2.75) is 32.7 Å². The summed E-state index contributed by atoms with van der Waals surface area (Å²) in [4.78, 5) is 20.8. The van der Waals surface area contributed by atoms with Crippen molar-refractivity contribution < 1.29 is 14.6 Å². The average Bonchev–Trinajstić information content (AvgIpc) is 2.54. The van der Waals surface area contributed by atoms with E-state index in [1.807, 2.05) is 6.92 Å². The number of ether oxygens (including phenoxy) is 1. The summed E-state index contributed by atoms with van der Waals surface area (Å²) in [6, 6.07) is 3.31. The first kappa shape index (κ1) is 17.0. The topological polar surface area (TPSA) is 110 Å². The molecule has 0 spiro atoms. The summed E-state index contributed by atoms with van der Waals surface area (Å²) in [5.74, 6) is -0.472. The summed E-state index contributed by atoms with van der Waals surface area (Å²) in [6.45, 7) is 3.92. The van der Waals surface area contributed by atoms with E-state index in [0.29, 0.717) is 16.7 Å². The summed E-state index contributed by atoms with van der Waals surface area (Å²) in [7, 11) is 0. The normalized spacial score (nSPS) is 12.1. The largest absolute Gasteiger partial charge is 0.462 e. The van der Waals surface area contributed by atoms with E-state index >= 15 is 0 Å². The van der Waals surface area contributed by atoms with Crippen molar-refractivity contribution >= 4 is 28.5 Å². The number of esters is 1. The van der Waals surface area contributed by atoms with Crippen LogP contribution in [0.4, 0.5) is 11.5 Å². The van der Waals surface area contributed by atoms with Crippen molar-refractivity contribution in [3.8, 4) is 0 Å². The summed E-state index contributed by atoms with van der Waals surface area (Å²) >= 11 is 0. The predicted molar refractivity (Wildman–Crippen MR) is 89.3 cm³/mol. The number of nitrogens with zero attached hydrogens (tertiary/aromatic N) is 2. The highest BCUT2D eigenvalue weighted by Gasteiger charge is 2.23. The highest BCUT2D eigenvalue weighted by Crippen LogP contribution is 2.30. The smallest absolute Gasteiger partial charge is 0.344 e. The maximum absolute atomic E-state index is 12.3. The minimum absolute atomic E-state index is 0.0628. The first-order chi connectivity index (χ1) is 11.1. The fourth-order valence-corrected chi connectivity index (χ4v) is 2.42. The van der Waals surface area contributed by atoms with E-state index in [-0.39, 0.29) is 30.6 Å². The molecule has 0 unspecified atom stereocenters. The molecule has 124 valence electrons. The number of carbonyl (C=O) groups excluding carboxylic acids is 1. The lowest BCUT2D eigenvalue weighted by molar-refractivity contribution is 0.0528. The Kier molecular flexibility index (Phi) is 5.70. The number of rotatable bonds is 7. The molecule has 23 heavy (non-hydrogen) atoms. The highest BCUT2D eigenvalue weighted by atomic mass is 16.5. The number of pyridine rings is 2. The van der Waals surface area contributed by atoms with Crippen molar-refractivity contribution in [2.24, 2.45) is 0 Å². The molecule has 4 N–H and O–H groups in total. The number of hydrogen-bond donors (Lipinski definition) is 3. The van der Waals surface area contributed by atoms with Crippen LogP contribution in [-0.4, -0.2) is 40.3 Å². The van der Waals surface area contributed by atoms with Gasteiger partial charge < -0.3 is 20.9 Å². The Bertz CT molecular complexity index is 690. The maximum Gasteiger partial charge on any atom is 0.344 e. The number of nitrogens with two attached hydrogens (primary N) is 1. The Morgan fingerprint density at radius 3 is 2.91 bits per heavy atom. The Morgan fingerprint density at radius 1 is 1.48 bits per heavy atom. The monoisotopic (exact) mass is 318 g/mol. The minimum atomic E-state index is -0.555. The Labute approximate surface area is 134 Å². The molecule has 7 nitrogen and oxygen atoms in total. The van der Waals surface area contributed by atoms with E-state index < -0.39 is 5.97 Å². The maximum atomic E-state index is 12.3. The number of hydrogen-bond acceptors (Lipinski definition) is 7. The molecule has 0 aliphatic rings. The molecule has 2 rings (SSSR count). The van der Waals surface area contributed by atoms with Gasteiger partial charge >= 0.3 is 5.97 Å². The van der Waals surface area contributed by atoms with E-state index in [4.69, 9.17) is 10.5 Å². The fraction of sp³-hybridized carbons (Fsp3) is 0.438. The van der Waals surface area contributed by atoms with E-state index in [9.17, 15) is 9.90 Å². The van der Waals surface area contributed by atoms with Gasteiger partial charge in [0.2, 0.25) is 0 Å². The van der Waals surface area contributed by atoms with Gasteiger partial charge in [-0.2, -0.15) is 0 Å². The zero-order valence-electron chi connectivity index (χ0n) is 13.4. The van der Waals surface area contributed by atoms with Gasteiger partial charge in [-0.25, -0.2) is 9.78 Å². The van der Waals surface area contributed by atoms with Crippen molar-refractivity contribution in [1.29, 1.82) is 0 Å². The number of nitrogen functional groups attached to an aromatic ring is 1. The Hall–Kier alpha value is -2.41. The lowest BCUT2D eigenvalue weighted by Gasteiger charge is -2.20. The first-order valence-electron chi connectivity index (χ1n) is 7.71. The minimum Gasteiger partial charge on any atom is -0.462 e. The van der Waals surface area contributed by atoms with Gasteiger partial charge in [-0.05, 0) is 25.5 Å². The quantitative estimate of drug-likeness (QED) is 0.669. The summed E-state index contributed by atoms with van der Waals surface area (Å²) in [5, 5.41) is 12.7. The van der Waals surface area contributed by atoms with Crippen LogP contribution in [0, 0.1) is 0 Å². The van der Waals surface area contributed by atoms with Crippen LogP contribution in [0.2, 0.25) is 0 Å². The van der Waals surface area contributed by atoms with Crippen LogP contribution in [0.3, 0.4) is 0 Å².